The lowest BCUT2D eigenvalue weighted by Gasteiger charge is -2.24. The Morgan fingerprint density at radius 1 is 1.02 bits per heavy atom. The Morgan fingerprint density at radius 2 is 1.80 bits per heavy atom. The fourth-order valence-electron chi connectivity index (χ4n) is 5.07. The highest BCUT2D eigenvalue weighted by atomic mass is 32.1. The van der Waals surface area contributed by atoms with Crippen LogP contribution in [0.15, 0.2) is 99.6 Å². The molecule has 0 radical (unpaired) electrons. The predicted octanol–water partition coefficient (Wildman–Crippen LogP) is 5.94. The molecule has 0 saturated heterocycles. The molecule has 0 saturated carbocycles. The third-order valence-corrected chi connectivity index (χ3v) is 8.66. The van der Waals surface area contributed by atoms with Crippen molar-refractivity contribution < 1.29 is 14.3 Å². The van der Waals surface area contributed by atoms with Crippen LogP contribution in [-0.4, -0.2) is 23.2 Å². The van der Waals surface area contributed by atoms with Gasteiger partial charge in [-0.25, -0.2) is 9.79 Å². The van der Waals surface area contributed by atoms with Crippen LogP contribution in [0.5, 0.6) is 5.75 Å². The number of rotatable bonds is 7. The summed E-state index contributed by atoms with van der Waals surface area (Å²) in [4.78, 5) is 34.1. The van der Waals surface area contributed by atoms with Gasteiger partial charge in [-0.05, 0) is 55.1 Å². The van der Waals surface area contributed by atoms with Gasteiger partial charge in [0.05, 0.1) is 28.5 Å². The normalized spacial score (nSPS) is 15.2. The fraction of sp³-hybridized carbons (Fsp3) is 0.182. The zero-order valence-electron chi connectivity index (χ0n) is 22.9. The number of nitrogens with zero attached hydrogens (tertiary/aromatic N) is 2. The summed E-state index contributed by atoms with van der Waals surface area (Å²) in [7, 11) is 0. The average Bonchev–Trinajstić information content (AvgIpc) is 3.62. The Kier molecular flexibility index (Phi) is 7.43. The molecule has 6 nitrogen and oxygen atoms in total. The van der Waals surface area contributed by atoms with Crippen molar-refractivity contribution in [3.63, 3.8) is 0 Å². The molecule has 0 aliphatic carbocycles. The van der Waals surface area contributed by atoms with Gasteiger partial charge in [0.15, 0.2) is 4.80 Å². The first kappa shape index (κ1) is 26.9. The Bertz CT molecular complexity index is 1950. The van der Waals surface area contributed by atoms with Gasteiger partial charge >= 0.3 is 5.97 Å². The molecule has 0 amide bonds. The first-order valence-corrected chi connectivity index (χ1v) is 15.2. The molecule has 1 aliphatic heterocycles. The van der Waals surface area contributed by atoms with Crippen molar-refractivity contribution in [2.24, 2.45) is 4.99 Å². The summed E-state index contributed by atoms with van der Waals surface area (Å²) >= 11 is 2.80. The number of thiazole rings is 1. The number of fused-ring (bicyclic) bond motifs is 2. The minimum absolute atomic E-state index is 0.0380. The maximum Gasteiger partial charge on any atom is 0.338 e. The lowest BCUT2D eigenvalue weighted by molar-refractivity contribution is -0.138. The second-order valence-corrected chi connectivity index (χ2v) is 11.8. The highest BCUT2D eigenvalue weighted by molar-refractivity contribution is 7.10. The number of carbonyl (C=O) groups excluding carboxylic acids is 1. The highest BCUT2D eigenvalue weighted by Gasteiger charge is 2.35. The molecule has 1 unspecified atom stereocenters. The second kappa shape index (κ2) is 11.3. The van der Waals surface area contributed by atoms with E-state index in [-0.39, 0.29) is 18.3 Å². The quantitative estimate of drug-likeness (QED) is 0.224. The van der Waals surface area contributed by atoms with Crippen LogP contribution < -0.4 is 19.6 Å². The largest absolute Gasteiger partial charge is 0.490 e. The van der Waals surface area contributed by atoms with E-state index in [1.165, 1.54) is 22.7 Å². The van der Waals surface area contributed by atoms with E-state index in [1.54, 1.807) is 11.5 Å². The van der Waals surface area contributed by atoms with Crippen LogP contribution in [0.1, 0.15) is 42.8 Å². The van der Waals surface area contributed by atoms with E-state index in [0.29, 0.717) is 26.4 Å². The molecule has 5 aromatic rings. The Balaban J connectivity index is 1.65. The van der Waals surface area contributed by atoms with Gasteiger partial charge in [-0.2, -0.15) is 0 Å². The molecular weight excluding hydrogens is 553 g/mol. The summed E-state index contributed by atoms with van der Waals surface area (Å²) in [5.41, 5.74) is 2.28. The third kappa shape index (κ3) is 5.05. The Hall–Kier alpha value is -4.27. The summed E-state index contributed by atoms with van der Waals surface area (Å²) < 4.78 is 13.8. The van der Waals surface area contributed by atoms with E-state index in [1.807, 2.05) is 104 Å². The van der Waals surface area contributed by atoms with Crippen LogP contribution >= 0.6 is 22.7 Å². The van der Waals surface area contributed by atoms with E-state index in [4.69, 9.17) is 14.5 Å². The van der Waals surface area contributed by atoms with Crippen LogP contribution in [0.25, 0.3) is 22.5 Å². The lowest BCUT2D eigenvalue weighted by atomic mass is 9.97. The van der Waals surface area contributed by atoms with Gasteiger partial charge in [-0.3, -0.25) is 9.36 Å². The first-order chi connectivity index (χ1) is 20.0. The van der Waals surface area contributed by atoms with Crippen LogP contribution in [0.4, 0.5) is 0 Å². The van der Waals surface area contributed by atoms with Gasteiger partial charge in [0.2, 0.25) is 0 Å². The zero-order valence-corrected chi connectivity index (χ0v) is 24.5. The number of hydrogen-bond donors (Lipinski definition) is 0. The molecule has 3 aromatic carbocycles. The van der Waals surface area contributed by atoms with E-state index < -0.39 is 12.0 Å². The summed E-state index contributed by atoms with van der Waals surface area (Å²) in [5, 5.41) is 3.99. The molecule has 3 heterocycles. The monoisotopic (exact) mass is 580 g/mol. The summed E-state index contributed by atoms with van der Waals surface area (Å²) in [6.07, 6.45) is 1.86. The molecule has 6 rings (SSSR count). The van der Waals surface area contributed by atoms with E-state index in [0.717, 1.165) is 26.8 Å². The van der Waals surface area contributed by atoms with Crippen molar-refractivity contribution in [2.75, 3.05) is 6.61 Å². The molecule has 2 aromatic heterocycles. The molecule has 1 aliphatic rings. The molecule has 206 valence electrons. The van der Waals surface area contributed by atoms with Gasteiger partial charge in [0.1, 0.15) is 11.8 Å². The number of benzene rings is 3. The van der Waals surface area contributed by atoms with Gasteiger partial charge in [-0.15, -0.1) is 11.3 Å². The average molecular weight is 581 g/mol. The maximum absolute atomic E-state index is 14.2. The molecule has 0 spiro atoms. The van der Waals surface area contributed by atoms with E-state index >= 15 is 0 Å². The Labute approximate surface area is 245 Å². The standard InChI is InChI=1S/C33H28N2O4S2/c1-4-38-32(37)28-29(22-12-6-5-7-13-22)34-33-35(30(28)26-15-10-18-40-26)31(36)27(41-33)19-24-23-14-9-8-11-21(23)16-17-25(24)39-20(2)3/h5-20,30H,4H2,1-3H3/b27-19-. The SMILES string of the molecule is CCOC(=O)C1=C(c2ccccc2)N=c2s/c(=C\c3c(OC(C)C)ccc4ccccc34)c(=O)n2C1c1cccs1. The predicted molar refractivity (Wildman–Crippen MR) is 165 cm³/mol. The molecule has 0 bridgehead atoms. The summed E-state index contributed by atoms with van der Waals surface area (Å²) in [6, 6.07) is 24.8. The number of thiophene rings is 1. The minimum atomic E-state index is -0.665. The van der Waals surface area contributed by atoms with E-state index in [9.17, 15) is 9.59 Å². The lowest BCUT2D eigenvalue weighted by Crippen LogP contribution is -2.39. The van der Waals surface area contributed by atoms with Gasteiger partial charge < -0.3 is 9.47 Å². The molecule has 8 heteroatoms. The van der Waals surface area contributed by atoms with Gasteiger partial charge in [-0.1, -0.05) is 78.1 Å². The van der Waals surface area contributed by atoms with Crippen LogP contribution in [0, 0.1) is 0 Å². The molecule has 0 fully saturated rings. The third-order valence-electron chi connectivity index (χ3n) is 6.76. The van der Waals surface area contributed by atoms with Crippen LogP contribution in [0.3, 0.4) is 0 Å². The molecule has 0 N–H and O–H groups in total. The highest BCUT2D eigenvalue weighted by Crippen LogP contribution is 2.37. The van der Waals surface area contributed by atoms with Gasteiger partial charge in [0.25, 0.3) is 5.56 Å². The first-order valence-electron chi connectivity index (χ1n) is 13.5. The van der Waals surface area contributed by atoms with Crippen LogP contribution in [0.2, 0.25) is 0 Å². The number of aromatic nitrogens is 1. The minimum Gasteiger partial charge on any atom is -0.490 e. The Morgan fingerprint density at radius 3 is 2.54 bits per heavy atom. The number of carbonyl (C=O) groups is 1. The second-order valence-electron chi connectivity index (χ2n) is 9.81. The molecule has 1 atom stereocenters. The summed E-state index contributed by atoms with van der Waals surface area (Å²) in [6.45, 7) is 5.95. The molecule has 41 heavy (non-hydrogen) atoms. The van der Waals surface area contributed by atoms with Crippen molar-refractivity contribution in [2.45, 2.75) is 32.9 Å². The number of hydrogen-bond acceptors (Lipinski definition) is 7. The zero-order chi connectivity index (χ0) is 28.5. The fourth-order valence-corrected chi connectivity index (χ4v) is 6.87. The van der Waals surface area contributed by atoms with Crippen molar-refractivity contribution in [1.29, 1.82) is 0 Å². The van der Waals surface area contributed by atoms with Gasteiger partial charge in [0, 0.05) is 16.0 Å². The van der Waals surface area contributed by atoms with Crippen molar-refractivity contribution in [3.8, 4) is 5.75 Å². The van der Waals surface area contributed by atoms with Crippen molar-refractivity contribution >= 4 is 51.2 Å². The summed E-state index contributed by atoms with van der Waals surface area (Å²) in [5.74, 6) is 0.223. The van der Waals surface area contributed by atoms with Crippen molar-refractivity contribution in [1.82, 2.24) is 4.57 Å². The number of ether oxygens (including phenoxy) is 2. The maximum atomic E-state index is 14.2. The van der Waals surface area contributed by atoms with E-state index in [2.05, 4.69) is 0 Å². The topological polar surface area (TPSA) is 69.9 Å². The number of esters is 1. The van der Waals surface area contributed by atoms with Crippen molar-refractivity contribution in [3.05, 3.63) is 126 Å². The molecular formula is C33H28N2O4S2. The van der Waals surface area contributed by atoms with Crippen LogP contribution in [-0.2, 0) is 9.53 Å². The smallest absolute Gasteiger partial charge is 0.338 e.